The molecule has 0 radical (unpaired) electrons. The van der Waals surface area contributed by atoms with Crippen molar-refractivity contribution in [3.8, 4) is 11.5 Å². The molecule has 158 valence electrons. The zero-order valence-electron chi connectivity index (χ0n) is 17.1. The van der Waals surface area contributed by atoms with Crippen LogP contribution >= 0.6 is 15.9 Å². The molecule has 8 heteroatoms. The van der Waals surface area contributed by atoms with E-state index in [0.29, 0.717) is 23.8 Å². The molecule has 0 aliphatic rings. The van der Waals surface area contributed by atoms with Gasteiger partial charge in [-0.2, -0.15) is 0 Å². The largest absolute Gasteiger partial charge is 0.466 e. The van der Waals surface area contributed by atoms with Gasteiger partial charge in [0.05, 0.1) is 29.8 Å². The molecule has 0 bridgehead atoms. The van der Waals surface area contributed by atoms with Crippen LogP contribution in [-0.4, -0.2) is 27.1 Å². The second-order valence-electron chi connectivity index (χ2n) is 6.84. The summed E-state index contributed by atoms with van der Waals surface area (Å²) >= 11 is 3.44. The van der Waals surface area contributed by atoms with Crippen LogP contribution < -0.4 is 10.1 Å². The Labute approximate surface area is 188 Å². The molecule has 1 N–H and O–H groups in total. The Morgan fingerprint density at radius 1 is 1.10 bits per heavy atom. The lowest BCUT2D eigenvalue weighted by atomic mass is 10.2. The van der Waals surface area contributed by atoms with Gasteiger partial charge in [0.25, 0.3) is 0 Å². The number of hydrogen-bond acceptors (Lipinski definition) is 6. The van der Waals surface area contributed by atoms with E-state index >= 15 is 0 Å². The summed E-state index contributed by atoms with van der Waals surface area (Å²) in [6, 6.07) is 17.1. The highest BCUT2D eigenvalue weighted by Gasteiger charge is 2.11. The fourth-order valence-electron chi connectivity index (χ4n) is 3.13. The maximum Gasteiger partial charge on any atom is 0.311 e. The Hall–Kier alpha value is -3.39. The maximum atomic E-state index is 11.7. The van der Waals surface area contributed by atoms with Crippen molar-refractivity contribution in [3.05, 3.63) is 71.0 Å². The third-order valence-corrected chi connectivity index (χ3v) is 5.14. The standard InChI is InChI=1S/C23H21BrN4O3/c1-3-30-22(29)13-17-12-19(10-11-25-17)31-18-8-9-21-20(14-18)27-23(28(21)2)26-16-6-4-15(24)5-7-16/h4-12,14H,3,13H2,1-2H3,(H,26,27). The van der Waals surface area contributed by atoms with E-state index in [4.69, 9.17) is 14.5 Å². The highest BCUT2D eigenvalue weighted by atomic mass is 79.9. The van der Waals surface area contributed by atoms with Crippen LogP contribution in [0.15, 0.2) is 65.3 Å². The van der Waals surface area contributed by atoms with Gasteiger partial charge in [0.2, 0.25) is 5.95 Å². The van der Waals surface area contributed by atoms with Crippen LogP contribution in [0, 0.1) is 0 Å². The number of aromatic nitrogens is 3. The van der Waals surface area contributed by atoms with E-state index in [2.05, 4.69) is 26.2 Å². The lowest BCUT2D eigenvalue weighted by molar-refractivity contribution is -0.142. The van der Waals surface area contributed by atoms with E-state index in [1.54, 1.807) is 25.3 Å². The van der Waals surface area contributed by atoms with Gasteiger partial charge < -0.3 is 19.4 Å². The minimum absolute atomic E-state index is 0.107. The van der Waals surface area contributed by atoms with E-state index in [-0.39, 0.29) is 12.4 Å². The quantitative estimate of drug-likeness (QED) is 0.358. The first kappa shape index (κ1) is 20.9. The predicted octanol–water partition coefficient (Wildman–Crippen LogP) is 5.37. The van der Waals surface area contributed by atoms with Gasteiger partial charge in [-0.25, -0.2) is 4.98 Å². The van der Waals surface area contributed by atoms with E-state index < -0.39 is 0 Å². The molecule has 0 fully saturated rings. The summed E-state index contributed by atoms with van der Waals surface area (Å²) in [5.74, 6) is 1.66. The Kier molecular flexibility index (Phi) is 6.18. The monoisotopic (exact) mass is 480 g/mol. The molecule has 4 rings (SSSR count). The molecule has 0 unspecified atom stereocenters. The molecule has 31 heavy (non-hydrogen) atoms. The molecule has 7 nitrogen and oxygen atoms in total. The summed E-state index contributed by atoms with van der Waals surface area (Å²) < 4.78 is 14.0. The van der Waals surface area contributed by atoms with Gasteiger partial charge in [-0.05, 0) is 49.4 Å². The first-order chi connectivity index (χ1) is 15.0. The Bertz CT molecular complexity index is 1220. The molecule has 2 aromatic heterocycles. The fourth-order valence-corrected chi connectivity index (χ4v) is 3.39. The van der Waals surface area contributed by atoms with E-state index in [1.165, 1.54) is 0 Å². The topological polar surface area (TPSA) is 78.3 Å². The minimum atomic E-state index is -0.312. The number of nitrogens with one attached hydrogen (secondary N) is 1. The molecular weight excluding hydrogens is 460 g/mol. The Balaban J connectivity index is 1.53. The van der Waals surface area contributed by atoms with Gasteiger partial charge >= 0.3 is 5.97 Å². The molecular formula is C23H21BrN4O3. The van der Waals surface area contributed by atoms with Crippen molar-refractivity contribution in [3.63, 3.8) is 0 Å². The molecule has 0 aliphatic heterocycles. The highest BCUT2D eigenvalue weighted by Crippen LogP contribution is 2.28. The lowest BCUT2D eigenvalue weighted by Crippen LogP contribution is -2.08. The SMILES string of the molecule is CCOC(=O)Cc1cc(Oc2ccc3c(c2)nc(Nc2ccc(Br)cc2)n3C)ccn1. The van der Waals surface area contributed by atoms with E-state index in [1.807, 2.05) is 54.1 Å². The summed E-state index contributed by atoms with van der Waals surface area (Å²) in [4.78, 5) is 20.6. The molecule has 0 atom stereocenters. The minimum Gasteiger partial charge on any atom is -0.466 e. The third kappa shape index (κ3) is 5.03. The molecule has 0 amide bonds. The molecule has 4 aromatic rings. The number of pyridine rings is 1. The van der Waals surface area contributed by atoms with Crippen molar-refractivity contribution < 1.29 is 14.3 Å². The summed E-state index contributed by atoms with van der Waals surface area (Å²) in [6.45, 7) is 2.12. The number of hydrogen-bond donors (Lipinski definition) is 1. The van der Waals surface area contributed by atoms with Crippen LogP contribution in [0.3, 0.4) is 0 Å². The van der Waals surface area contributed by atoms with Crippen molar-refractivity contribution in [1.29, 1.82) is 0 Å². The summed E-state index contributed by atoms with van der Waals surface area (Å²) in [6.07, 6.45) is 1.72. The number of ether oxygens (including phenoxy) is 2. The van der Waals surface area contributed by atoms with Crippen molar-refractivity contribution in [1.82, 2.24) is 14.5 Å². The normalized spacial score (nSPS) is 10.8. The van der Waals surface area contributed by atoms with Crippen LogP contribution in [0.4, 0.5) is 11.6 Å². The third-order valence-electron chi connectivity index (χ3n) is 4.61. The average molecular weight is 481 g/mol. The van der Waals surface area contributed by atoms with Crippen LogP contribution in [0.1, 0.15) is 12.6 Å². The first-order valence-corrected chi connectivity index (χ1v) is 10.6. The second-order valence-corrected chi connectivity index (χ2v) is 7.76. The van der Waals surface area contributed by atoms with Crippen molar-refractivity contribution in [2.45, 2.75) is 13.3 Å². The maximum absolute atomic E-state index is 11.7. The van der Waals surface area contributed by atoms with Crippen LogP contribution in [0.25, 0.3) is 11.0 Å². The Morgan fingerprint density at radius 3 is 2.65 bits per heavy atom. The van der Waals surface area contributed by atoms with Gasteiger partial charge in [-0.15, -0.1) is 0 Å². The predicted molar refractivity (Wildman–Crippen MR) is 123 cm³/mol. The number of halogens is 1. The summed E-state index contributed by atoms with van der Waals surface area (Å²) in [7, 11) is 1.96. The molecule has 0 spiro atoms. The number of aryl methyl sites for hydroxylation is 1. The number of carbonyl (C=O) groups is 1. The van der Waals surface area contributed by atoms with Gasteiger partial charge in [0, 0.05) is 35.5 Å². The fraction of sp³-hybridized carbons (Fsp3) is 0.174. The number of fused-ring (bicyclic) bond motifs is 1. The molecule has 2 aromatic carbocycles. The number of carbonyl (C=O) groups excluding carboxylic acids is 1. The van der Waals surface area contributed by atoms with Crippen LogP contribution in [0.2, 0.25) is 0 Å². The second kappa shape index (κ2) is 9.18. The number of nitrogens with zero attached hydrogens (tertiary/aromatic N) is 3. The van der Waals surface area contributed by atoms with E-state index in [0.717, 1.165) is 27.1 Å². The smallest absolute Gasteiger partial charge is 0.311 e. The zero-order chi connectivity index (χ0) is 21.8. The van der Waals surface area contributed by atoms with Crippen LogP contribution in [0.5, 0.6) is 11.5 Å². The Morgan fingerprint density at radius 2 is 1.87 bits per heavy atom. The van der Waals surface area contributed by atoms with Gasteiger partial charge in [0.15, 0.2) is 0 Å². The lowest BCUT2D eigenvalue weighted by Gasteiger charge is -2.07. The van der Waals surface area contributed by atoms with Crippen molar-refractivity contribution in [2.24, 2.45) is 7.05 Å². The average Bonchev–Trinajstić information content (AvgIpc) is 3.05. The van der Waals surface area contributed by atoms with Gasteiger partial charge in [-0.1, -0.05) is 15.9 Å². The molecule has 0 saturated carbocycles. The summed E-state index contributed by atoms with van der Waals surface area (Å²) in [5.41, 5.74) is 3.32. The van der Waals surface area contributed by atoms with E-state index in [9.17, 15) is 4.79 Å². The first-order valence-electron chi connectivity index (χ1n) is 9.79. The van der Waals surface area contributed by atoms with Crippen molar-refractivity contribution >= 4 is 44.6 Å². The van der Waals surface area contributed by atoms with Crippen molar-refractivity contribution in [2.75, 3.05) is 11.9 Å². The zero-order valence-corrected chi connectivity index (χ0v) is 18.7. The number of imidazole rings is 1. The van der Waals surface area contributed by atoms with Gasteiger partial charge in [-0.3, -0.25) is 9.78 Å². The van der Waals surface area contributed by atoms with Gasteiger partial charge in [0.1, 0.15) is 11.5 Å². The number of rotatable bonds is 7. The number of benzene rings is 2. The molecule has 0 aliphatic carbocycles. The summed E-state index contributed by atoms with van der Waals surface area (Å²) in [5, 5.41) is 3.33. The van der Waals surface area contributed by atoms with Crippen LogP contribution in [-0.2, 0) is 23.0 Å². The number of esters is 1. The molecule has 0 saturated heterocycles. The highest BCUT2D eigenvalue weighted by molar-refractivity contribution is 9.10. The molecule has 2 heterocycles. The number of anilines is 2.